The lowest BCUT2D eigenvalue weighted by Gasteiger charge is -1.98. The van der Waals surface area contributed by atoms with Crippen LogP contribution in [0.5, 0.6) is 0 Å². The van der Waals surface area contributed by atoms with Crippen LogP contribution in [0.25, 0.3) is 5.65 Å². The molecule has 0 bridgehead atoms. The standard InChI is InChI=1S/C10H9N3/c1-8-3-2-6-13-9(4-5-11)7-12-10(8)13/h2-3,6-7H,4H2,1H3. The molecule has 3 heteroatoms. The molecule has 0 aliphatic rings. The second-order valence-corrected chi connectivity index (χ2v) is 2.97. The summed E-state index contributed by atoms with van der Waals surface area (Å²) < 4.78 is 1.96. The number of aromatic nitrogens is 2. The molecule has 2 heterocycles. The molecule has 0 saturated carbocycles. The minimum absolute atomic E-state index is 0.407. The Labute approximate surface area is 76.3 Å². The summed E-state index contributed by atoms with van der Waals surface area (Å²) in [7, 11) is 0. The Hall–Kier alpha value is -1.82. The van der Waals surface area contributed by atoms with Gasteiger partial charge in [-0.05, 0) is 18.6 Å². The summed E-state index contributed by atoms with van der Waals surface area (Å²) in [6, 6.07) is 6.10. The van der Waals surface area contributed by atoms with E-state index in [0.29, 0.717) is 6.42 Å². The molecule has 0 amide bonds. The number of hydrogen-bond donors (Lipinski definition) is 0. The fraction of sp³-hybridized carbons (Fsp3) is 0.200. The first-order valence-corrected chi connectivity index (χ1v) is 4.11. The monoisotopic (exact) mass is 171 g/mol. The summed E-state index contributed by atoms with van der Waals surface area (Å²) >= 11 is 0. The number of aryl methyl sites for hydroxylation is 1. The third-order valence-corrected chi connectivity index (χ3v) is 2.07. The van der Waals surface area contributed by atoms with Gasteiger partial charge >= 0.3 is 0 Å². The van der Waals surface area contributed by atoms with Gasteiger partial charge in [0, 0.05) is 6.20 Å². The van der Waals surface area contributed by atoms with Crippen LogP contribution >= 0.6 is 0 Å². The Balaban J connectivity index is 2.70. The van der Waals surface area contributed by atoms with Crippen molar-refractivity contribution in [3.8, 4) is 6.07 Å². The van der Waals surface area contributed by atoms with Gasteiger partial charge in [-0.15, -0.1) is 0 Å². The zero-order chi connectivity index (χ0) is 9.26. The van der Waals surface area contributed by atoms with Gasteiger partial charge in [0.05, 0.1) is 24.4 Å². The van der Waals surface area contributed by atoms with Crippen molar-refractivity contribution < 1.29 is 0 Å². The fourth-order valence-corrected chi connectivity index (χ4v) is 1.41. The lowest BCUT2D eigenvalue weighted by Crippen LogP contribution is -1.91. The van der Waals surface area contributed by atoms with Gasteiger partial charge in [0.15, 0.2) is 0 Å². The highest BCUT2D eigenvalue weighted by atomic mass is 15.0. The molecule has 2 rings (SSSR count). The van der Waals surface area contributed by atoms with E-state index >= 15 is 0 Å². The molecule has 0 N–H and O–H groups in total. The van der Waals surface area contributed by atoms with Gasteiger partial charge in [-0.1, -0.05) is 6.07 Å². The summed E-state index contributed by atoms with van der Waals surface area (Å²) in [5.41, 5.74) is 3.01. The number of pyridine rings is 1. The van der Waals surface area contributed by atoms with E-state index in [1.807, 2.05) is 29.7 Å². The van der Waals surface area contributed by atoms with Crippen molar-refractivity contribution in [1.82, 2.24) is 9.38 Å². The van der Waals surface area contributed by atoms with E-state index < -0.39 is 0 Å². The van der Waals surface area contributed by atoms with E-state index in [2.05, 4.69) is 11.1 Å². The van der Waals surface area contributed by atoms with Gasteiger partial charge < -0.3 is 4.40 Å². The smallest absolute Gasteiger partial charge is 0.139 e. The molecule has 0 saturated heterocycles. The van der Waals surface area contributed by atoms with Gasteiger partial charge in [0.1, 0.15) is 5.65 Å². The average molecular weight is 171 g/mol. The Kier molecular flexibility index (Phi) is 1.75. The summed E-state index contributed by atoms with van der Waals surface area (Å²) in [4.78, 5) is 4.25. The van der Waals surface area contributed by atoms with Crippen molar-refractivity contribution in [2.45, 2.75) is 13.3 Å². The first-order valence-electron chi connectivity index (χ1n) is 4.11. The molecule has 0 aliphatic carbocycles. The molecular formula is C10H9N3. The van der Waals surface area contributed by atoms with Crippen LogP contribution in [0.4, 0.5) is 0 Å². The third-order valence-electron chi connectivity index (χ3n) is 2.07. The molecule has 0 fully saturated rings. The van der Waals surface area contributed by atoms with Gasteiger partial charge in [-0.2, -0.15) is 5.26 Å². The van der Waals surface area contributed by atoms with Crippen molar-refractivity contribution in [2.75, 3.05) is 0 Å². The van der Waals surface area contributed by atoms with Gasteiger partial charge in [0.2, 0.25) is 0 Å². The molecule has 3 nitrogen and oxygen atoms in total. The van der Waals surface area contributed by atoms with Crippen LogP contribution in [0.3, 0.4) is 0 Å². The maximum Gasteiger partial charge on any atom is 0.139 e. The maximum atomic E-state index is 8.58. The number of fused-ring (bicyclic) bond motifs is 1. The normalized spacial score (nSPS) is 10.2. The highest BCUT2D eigenvalue weighted by Gasteiger charge is 2.02. The van der Waals surface area contributed by atoms with E-state index in [9.17, 15) is 0 Å². The van der Waals surface area contributed by atoms with Crippen LogP contribution in [0.2, 0.25) is 0 Å². The minimum atomic E-state index is 0.407. The van der Waals surface area contributed by atoms with Crippen molar-refractivity contribution in [3.63, 3.8) is 0 Å². The maximum absolute atomic E-state index is 8.58. The van der Waals surface area contributed by atoms with Gasteiger partial charge in [-0.25, -0.2) is 4.98 Å². The molecule has 0 aliphatic heterocycles. The molecule has 2 aromatic heterocycles. The summed E-state index contributed by atoms with van der Waals surface area (Å²) in [5.74, 6) is 0. The quantitative estimate of drug-likeness (QED) is 0.655. The number of rotatable bonds is 1. The lowest BCUT2D eigenvalue weighted by molar-refractivity contribution is 1.05. The molecule has 13 heavy (non-hydrogen) atoms. The van der Waals surface area contributed by atoms with Gasteiger partial charge in [-0.3, -0.25) is 0 Å². The minimum Gasteiger partial charge on any atom is -0.303 e. The molecule has 0 aromatic carbocycles. The Morgan fingerprint density at radius 1 is 1.62 bits per heavy atom. The van der Waals surface area contributed by atoms with Crippen LogP contribution in [-0.4, -0.2) is 9.38 Å². The Morgan fingerprint density at radius 2 is 2.46 bits per heavy atom. The number of nitrogens with zero attached hydrogens (tertiary/aromatic N) is 3. The van der Waals surface area contributed by atoms with E-state index in [4.69, 9.17) is 5.26 Å². The first kappa shape index (κ1) is 7.81. The zero-order valence-electron chi connectivity index (χ0n) is 7.36. The lowest BCUT2D eigenvalue weighted by atomic mass is 10.3. The van der Waals surface area contributed by atoms with Crippen LogP contribution in [0.15, 0.2) is 24.5 Å². The van der Waals surface area contributed by atoms with Crippen molar-refractivity contribution in [1.29, 1.82) is 5.26 Å². The van der Waals surface area contributed by atoms with E-state index in [-0.39, 0.29) is 0 Å². The van der Waals surface area contributed by atoms with Gasteiger partial charge in [0.25, 0.3) is 0 Å². The molecule has 0 unspecified atom stereocenters. The zero-order valence-corrected chi connectivity index (χ0v) is 7.36. The predicted molar refractivity (Wildman–Crippen MR) is 49.2 cm³/mol. The summed E-state index contributed by atoms with van der Waals surface area (Å²) in [6.07, 6.45) is 4.10. The fourth-order valence-electron chi connectivity index (χ4n) is 1.41. The van der Waals surface area contributed by atoms with Crippen LogP contribution in [0, 0.1) is 18.3 Å². The second kappa shape index (κ2) is 2.91. The highest BCUT2D eigenvalue weighted by Crippen LogP contribution is 2.10. The first-order chi connectivity index (χ1) is 6.33. The van der Waals surface area contributed by atoms with Crippen LogP contribution in [-0.2, 0) is 6.42 Å². The number of imidazole rings is 1. The Morgan fingerprint density at radius 3 is 3.23 bits per heavy atom. The molecule has 0 atom stereocenters. The molecule has 64 valence electrons. The van der Waals surface area contributed by atoms with Crippen molar-refractivity contribution in [2.24, 2.45) is 0 Å². The summed E-state index contributed by atoms with van der Waals surface area (Å²) in [6.45, 7) is 2.01. The van der Waals surface area contributed by atoms with Crippen molar-refractivity contribution in [3.05, 3.63) is 35.8 Å². The van der Waals surface area contributed by atoms with Crippen LogP contribution in [0.1, 0.15) is 11.3 Å². The van der Waals surface area contributed by atoms with Crippen LogP contribution < -0.4 is 0 Å². The molecule has 0 radical (unpaired) electrons. The molecule has 0 spiro atoms. The van der Waals surface area contributed by atoms with E-state index in [1.165, 1.54) is 0 Å². The highest BCUT2D eigenvalue weighted by molar-refractivity contribution is 5.48. The topological polar surface area (TPSA) is 41.1 Å². The van der Waals surface area contributed by atoms with E-state index in [0.717, 1.165) is 16.9 Å². The predicted octanol–water partition coefficient (Wildman–Crippen LogP) is 1.71. The van der Waals surface area contributed by atoms with Crippen molar-refractivity contribution >= 4 is 5.65 Å². The molecule has 2 aromatic rings. The summed E-state index contributed by atoms with van der Waals surface area (Å²) in [5, 5.41) is 8.58. The average Bonchev–Trinajstić information content (AvgIpc) is 2.51. The Bertz CT molecular complexity index is 476. The largest absolute Gasteiger partial charge is 0.303 e. The SMILES string of the molecule is Cc1cccn2c(CC#N)cnc12. The number of nitriles is 1. The third kappa shape index (κ3) is 1.17. The second-order valence-electron chi connectivity index (χ2n) is 2.97. The molecular weight excluding hydrogens is 162 g/mol. The van der Waals surface area contributed by atoms with E-state index in [1.54, 1.807) is 6.20 Å². The number of hydrogen-bond acceptors (Lipinski definition) is 2.